The zero-order chi connectivity index (χ0) is 14.5. The Labute approximate surface area is 113 Å². The number of unbranched alkanes of at least 4 members (excludes halogenated alkanes) is 4. The lowest BCUT2D eigenvalue weighted by molar-refractivity contribution is -0.138. The van der Waals surface area contributed by atoms with E-state index in [0.29, 0.717) is 12.8 Å². The fourth-order valence-electron chi connectivity index (χ4n) is 1.57. The van der Waals surface area contributed by atoms with Crippen molar-refractivity contribution >= 4 is 17.7 Å². The summed E-state index contributed by atoms with van der Waals surface area (Å²) in [7, 11) is 0. The lowest BCUT2D eigenvalue weighted by Gasteiger charge is -1.97. The molecule has 0 aliphatic carbocycles. The van der Waals surface area contributed by atoms with Crippen molar-refractivity contribution in [2.24, 2.45) is 0 Å². The molecule has 0 bridgehead atoms. The first-order valence-corrected chi connectivity index (χ1v) is 6.62. The molecular formula is C14H22O5. The monoisotopic (exact) mass is 270 g/mol. The molecule has 0 unspecified atom stereocenters. The molecule has 0 rings (SSSR count). The predicted molar refractivity (Wildman–Crippen MR) is 71.0 cm³/mol. The van der Waals surface area contributed by atoms with Gasteiger partial charge in [0.05, 0.1) is 6.42 Å². The number of hydrogen-bond acceptors (Lipinski definition) is 3. The van der Waals surface area contributed by atoms with Crippen molar-refractivity contribution in [3.63, 3.8) is 0 Å². The summed E-state index contributed by atoms with van der Waals surface area (Å²) in [4.78, 5) is 31.7. The maximum atomic E-state index is 11.2. The summed E-state index contributed by atoms with van der Waals surface area (Å²) in [6.45, 7) is 0. The first kappa shape index (κ1) is 17.4. The third kappa shape index (κ3) is 14.3. The van der Waals surface area contributed by atoms with Crippen molar-refractivity contribution in [3.8, 4) is 0 Å². The molecule has 0 aromatic heterocycles. The van der Waals surface area contributed by atoms with Gasteiger partial charge in [0.2, 0.25) is 0 Å². The van der Waals surface area contributed by atoms with E-state index in [0.717, 1.165) is 25.7 Å². The summed E-state index contributed by atoms with van der Waals surface area (Å²) in [6.07, 6.45) is 8.70. The molecule has 0 amide bonds. The molecular weight excluding hydrogens is 248 g/mol. The Balaban J connectivity index is 3.36. The molecule has 108 valence electrons. The van der Waals surface area contributed by atoms with Crippen molar-refractivity contribution in [2.45, 2.75) is 57.8 Å². The summed E-state index contributed by atoms with van der Waals surface area (Å²) in [6, 6.07) is 0. The van der Waals surface area contributed by atoms with E-state index in [4.69, 9.17) is 10.2 Å². The van der Waals surface area contributed by atoms with Crippen LogP contribution < -0.4 is 0 Å². The van der Waals surface area contributed by atoms with Gasteiger partial charge < -0.3 is 10.2 Å². The van der Waals surface area contributed by atoms with E-state index in [-0.39, 0.29) is 25.0 Å². The van der Waals surface area contributed by atoms with Crippen LogP contribution in [0.25, 0.3) is 0 Å². The van der Waals surface area contributed by atoms with Gasteiger partial charge in [-0.3, -0.25) is 14.4 Å². The van der Waals surface area contributed by atoms with Gasteiger partial charge in [0, 0.05) is 19.3 Å². The fraction of sp³-hybridized carbons (Fsp3) is 0.643. The Hall–Kier alpha value is -1.65. The van der Waals surface area contributed by atoms with Crippen LogP contribution in [0.1, 0.15) is 57.8 Å². The first-order valence-electron chi connectivity index (χ1n) is 6.62. The number of carbonyl (C=O) groups is 3. The first-order chi connectivity index (χ1) is 9.02. The Kier molecular flexibility index (Phi) is 10.4. The largest absolute Gasteiger partial charge is 0.481 e. The van der Waals surface area contributed by atoms with E-state index in [1.807, 2.05) is 6.08 Å². The van der Waals surface area contributed by atoms with E-state index in [1.54, 1.807) is 6.08 Å². The molecule has 0 saturated carbocycles. The van der Waals surface area contributed by atoms with Crippen LogP contribution in [0.4, 0.5) is 0 Å². The van der Waals surface area contributed by atoms with Crippen LogP contribution in [0, 0.1) is 0 Å². The van der Waals surface area contributed by atoms with Gasteiger partial charge in [0.1, 0.15) is 5.78 Å². The van der Waals surface area contributed by atoms with Gasteiger partial charge in [-0.25, -0.2) is 0 Å². The summed E-state index contributed by atoms with van der Waals surface area (Å²) < 4.78 is 0. The molecule has 5 nitrogen and oxygen atoms in total. The average molecular weight is 270 g/mol. The minimum Gasteiger partial charge on any atom is -0.481 e. The zero-order valence-corrected chi connectivity index (χ0v) is 11.1. The zero-order valence-electron chi connectivity index (χ0n) is 11.1. The topological polar surface area (TPSA) is 91.7 Å². The number of carbonyl (C=O) groups excluding carboxylic acids is 1. The maximum Gasteiger partial charge on any atom is 0.303 e. The molecule has 5 heteroatoms. The number of Topliss-reactive ketones (excluding diaryl/α,β-unsaturated/α-hetero) is 1. The minimum absolute atomic E-state index is 0.0555. The van der Waals surface area contributed by atoms with Crippen molar-refractivity contribution in [1.82, 2.24) is 0 Å². The van der Waals surface area contributed by atoms with Crippen LogP contribution in [0.15, 0.2) is 12.2 Å². The molecule has 0 saturated heterocycles. The smallest absolute Gasteiger partial charge is 0.303 e. The third-order valence-electron chi connectivity index (χ3n) is 2.64. The van der Waals surface area contributed by atoms with Gasteiger partial charge in [0.15, 0.2) is 0 Å². The van der Waals surface area contributed by atoms with Gasteiger partial charge in [0.25, 0.3) is 0 Å². The predicted octanol–water partition coefficient (Wildman–Crippen LogP) is 2.79. The van der Waals surface area contributed by atoms with Crippen molar-refractivity contribution in [1.29, 1.82) is 0 Å². The van der Waals surface area contributed by atoms with Crippen LogP contribution in [-0.2, 0) is 14.4 Å². The van der Waals surface area contributed by atoms with Crippen LogP contribution in [0.3, 0.4) is 0 Å². The molecule has 0 fully saturated rings. The summed E-state index contributed by atoms with van der Waals surface area (Å²) >= 11 is 0. The fourth-order valence-corrected chi connectivity index (χ4v) is 1.57. The molecule has 0 aromatic rings. The summed E-state index contributed by atoms with van der Waals surface area (Å²) in [5, 5.41) is 16.8. The van der Waals surface area contributed by atoms with Crippen molar-refractivity contribution in [3.05, 3.63) is 12.2 Å². The van der Waals surface area contributed by atoms with Crippen LogP contribution in [0.2, 0.25) is 0 Å². The quantitative estimate of drug-likeness (QED) is 0.420. The van der Waals surface area contributed by atoms with Gasteiger partial charge in [-0.05, 0) is 19.3 Å². The van der Waals surface area contributed by atoms with Gasteiger partial charge >= 0.3 is 11.9 Å². The average Bonchev–Trinajstić information content (AvgIpc) is 2.34. The molecule has 0 spiro atoms. The van der Waals surface area contributed by atoms with Crippen LogP contribution in [-0.4, -0.2) is 27.9 Å². The highest BCUT2D eigenvalue weighted by Gasteiger charge is 2.02. The molecule has 19 heavy (non-hydrogen) atoms. The highest BCUT2D eigenvalue weighted by Crippen LogP contribution is 2.06. The maximum absolute atomic E-state index is 11.2. The van der Waals surface area contributed by atoms with Gasteiger partial charge in [-0.15, -0.1) is 0 Å². The Morgan fingerprint density at radius 2 is 1.37 bits per heavy atom. The molecule has 0 atom stereocenters. The van der Waals surface area contributed by atoms with E-state index in [9.17, 15) is 14.4 Å². The second-order valence-corrected chi connectivity index (χ2v) is 4.45. The Morgan fingerprint density at radius 1 is 0.737 bits per heavy atom. The number of aliphatic carboxylic acids is 2. The summed E-state index contributed by atoms with van der Waals surface area (Å²) in [5.41, 5.74) is 0. The lowest BCUT2D eigenvalue weighted by Crippen LogP contribution is -2.01. The Bertz CT molecular complexity index is 320. The van der Waals surface area contributed by atoms with E-state index < -0.39 is 11.9 Å². The Morgan fingerprint density at radius 3 is 2.00 bits per heavy atom. The van der Waals surface area contributed by atoms with E-state index >= 15 is 0 Å². The van der Waals surface area contributed by atoms with Crippen LogP contribution in [0.5, 0.6) is 0 Å². The third-order valence-corrected chi connectivity index (χ3v) is 2.64. The van der Waals surface area contributed by atoms with Crippen molar-refractivity contribution in [2.75, 3.05) is 0 Å². The van der Waals surface area contributed by atoms with E-state index in [1.165, 1.54) is 0 Å². The SMILES string of the molecule is O=C(O)CCCCCC/C=C/CC(=O)CCC(=O)O. The number of allylic oxidation sites excluding steroid dienone is 2. The van der Waals surface area contributed by atoms with Gasteiger partial charge in [-0.2, -0.15) is 0 Å². The lowest BCUT2D eigenvalue weighted by atomic mass is 10.1. The minimum atomic E-state index is -0.946. The molecule has 0 aromatic carbocycles. The molecule has 0 aliphatic heterocycles. The number of hydrogen-bond donors (Lipinski definition) is 2. The molecule has 2 N–H and O–H groups in total. The molecule has 0 radical (unpaired) electrons. The highest BCUT2D eigenvalue weighted by molar-refractivity contribution is 5.83. The second kappa shape index (κ2) is 11.4. The molecule has 0 aliphatic rings. The number of rotatable bonds is 12. The number of ketones is 1. The number of carboxylic acids is 2. The standard InChI is InChI=1S/C14H22O5/c15-12(10-11-14(18)19)8-6-4-2-1-3-5-7-9-13(16)17/h4,6H,1-3,5,7-11H2,(H,16,17)(H,18,19)/b6-4+. The van der Waals surface area contributed by atoms with E-state index in [2.05, 4.69) is 0 Å². The highest BCUT2D eigenvalue weighted by atomic mass is 16.4. The van der Waals surface area contributed by atoms with Crippen molar-refractivity contribution < 1.29 is 24.6 Å². The van der Waals surface area contributed by atoms with Crippen LogP contribution >= 0.6 is 0 Å². The normalized spacial score (nSPS) is 10.7. The second-order valence-electron chi connectivity index (χ2n) is 4.45. The van der Waals surface area contributed by atoms with Gasteiger partial charge in [-0.1, -0.05) is 25.0 Å². The summed E-state index contributed by atoms with van der Waals surface area (Å²) in [5.74, 6) is -1.75. The molecule has 0 heterocycles. The number of carboxylic acid groups (broad SMARTS) is 2.